The molecule has 7 heteroatoms. The summed E-state index contributed by atoms with van der Waals surface area (Å²) < 4.78 is 11.6. The number of nitrogens with zero attached hydrogens (tertiary/aromatic N) is 2. The van der Waals surface area contributed by atoms with Crippen molar-refractivity contribution in [2.75, 3.05) is 19.5 Å². The summed E-state index contributed by atoms with van der Waals surface area (Å²) in [6, 6.07) is 36.2. The topological polar surface area (TPSA) is 82.5 Å². The van der Waals surface area contributed by atoms with Crippen LogP contribution < -0.4 is 5.32 Å². The van der Waals surface area contributed by atoms with E-state index in [4.69, 9.17) is 9.72 Å². The Hall–Kier alpha value is -5.43. The van der Waals surface area contributed by atoms with Gasteiger partial charge in [0.05, 0.1) is 31.7 Å². The SMILES string of the molecule is COC(=O)/C=C(/Nc1ccc(-n2c(-c3ccc(C)cc3)nc(-c3ccccc3)c2-c2ccccc2)cc1)C(=O)OC. The molecule has 0 saturated heterocycles. The van der Waals surface area contributed by atoms with E-state index in [0.717, 1.165) is 51.2 Å². The molecule has 0 aliphatic rings. The Morgan fingerprint density at radius 1 is 0.732 bits per heavy atom. The standard InChI is InChI=1S/C34H29N3O4/c1-23-14-16-26(17-15-23)33-36-31(24-10-6-4-7-11-24)32(25-12-8-5-9-13-25)37(33)28-20-18-27(19-21-28)35-29(34(39)41-3)22-30(38)40-2/h4-22,35H,1-3H3/b29-22+. The number of hydrogen-bond acceptors (Lipinski definition) is 6. The first-order valence-corrected chi connectivity index (χ1v) is 13.0. The number of nitrogens with one attached hydrogen (secondary N) is 1. The quantitative estimate of drug-likeness (QED) is 0.171. The molecule has 0 amide bonds. The molecule has 0 radical (unpaired) electrons. The van der Waals surface area contributed by atoms with Crippen LogP contribution in [0.2, 0.25) is 0 Å². The number of aryl methyl sites for hydroxylation is 1. The van der Waals surface area contributed by atoms with Gasteiger partial charge >= 0.3 is 11.9 Å². The van der Waals surface area contributed by atoms with E-state index in [1.807, 2.05) is 60.7 Å². The van der Waals surface area contributed by atoms with Crippen LogP contribution in [0.25, 0.3) is 39.6 Å². The summed E-state index contributed by atoms with van der Waals surface area (Å²) in [6.07, 6.45) is 1.06. The van der Waals surface area contributed by atoms with E-state index in [2.05, 4.69) is 70.1 Å². The second kappa shape index (κ2) is 12.2. The lowest BCUT2D eigenvalue weighted by molar-refractivity contribution is -0.138. The predicted octanol–water partition coefficient (Wildman–Crippen LogP) is 6.82. The molecule has 0 fully saturated rings. The number of ether oxygens (including phenoxy) is 2. The number of anilines is 1. The molecule has 204 valence electrons. The monoisotopic (exact) mass is 543 g/mol. The van der Waals surface area contributed by atoms with Crippen LogP contribution in [-0.4, -0.2) is 35.7 Å². The third-order valence-corrected chi connectivity index (χ3v) is 6.55. The minimum absolute atomic E-state index is 0.0357. The second-order valence-electron chi connectivity index (χ2n) is 9.31. The molecule has 0 spiro atoms. The van der Waals surface area contributed by atoms with E-state index < -0.39 is 11.9 Å². The van der Waals surface area contributed by atoms with Crippen molar-refractivity contribution in [3.05, 3.63) is 127 Å². The first kappa shape index (κ1) is 27.1. The lowest BCUT2D eigenvalue weighted by Gasteiger charge is -2.15. The third kappa shape index (κ3) is 5.94. The molecule has 5 rings (SSSR count). The molecular weight excluding hydrogens is 514 g/mol. The highest BCUT2D eigenvalue weighted by molar-refractivity contribution is 5.98. The van der Waals surface area contributed by atoms with Gasteiger partial charge < -0.3 is 14.8 Å². The summed E-state index contributed by atoms with van der Waals surface area (Å²) in [6.45, 7) is 2.06. The van der Waals surface area contributed by atoms with Gasteiger partial charge in [-0.3, -0.25) is 4.57 Å². The summed E-state index contributed by atoms with van der Waals surface area (Å²) in [5.74, 6) is -0.560. The van der Waals surface area contributed by atoms with Gasteiger partial charge in [-0.2, -0.15) is 0 Å². The van der Waals surface area contributed by atoms with E-state index in [0.29, 0.717) is 5.69 Å². The lowest BCUT2D eigenvalue weighted by atomic mass is 10.0. The first-order valence-electron chi connectivity index (χ1n) is 13.0. The fourth-order valence-corrected chi connectivity index (χ4v) is 4.51. The number of rotatable bonds is 8. The number of benzene rings is 4. The molecule has 0 unspecified atom stereocenters. The predicted molar refractivity (Wildman–Crippen MR) is 160 cm³/mol. The van der Waals surface area contributed by atoms with Crippen LogP contribution in [0, 0.1) is 6.92 Å². The smallest absolute Gasteiger partial charge is 0.354 e. The summed E-state index contributed by atoms with van der Waals surface area (Å²) in [7, 11) is 2.49. The molecule has 1 heterocycles. The van der Waals surface area contributed by atoms with Gasteiger partial charge in [0, 0.05) is 28.1 Å². The van der Waals surface area contributed by atoms with Crippen LogP contribution in [0.3, 0.4) is 0 Å². The Labute approximate surface area is 238 Å². The Morgan fingerprint density at radius 2 is 1.34 bits per heavy atom. The largest absolute Gasteiger partial charge is 0.466 e. The van der Waals surface area contributed by atoms with Gasteiger partial charge in [0.25, 0.3) is 0 Å². The average molecular weight is 544 g/mol. The molecule has 5 aromatic rings. The third-order valence-electron chi connectivity index (χ3n) is 6.55. The zero-order valence-corrected chi connectivity index (χ0v) is 23.0. The number of carbonyl (C=O) groups excluding carboxylic acids is 2. The van der Waals surface area contributed by atoms with Crippen molar-refractivity contribution in [1.82, 2.24) is 9.55 Å². The molecule has 0 aliphatic carbocycles. The van der Waals surface area contributed by atoms with E-state index in [-0.39, 0.29) is 5.70 Å². The second-order valence-corrected chi connectivity index (χ2v) is 9.31. The summed E-state index contributed by atoms with van der Waals surface area (Å²) in [4.78, 5) is 29.3. The number of carbonyl (C=O) groups is 2. The highest BCUT2D eigenvalue weighted by Crippen LogP contribution is 2.38. The van der Waals surface area contributed by atoms with Crippen molar-refractivity contribution >= 4 is 17.6 Å². The number of hydrogen-bond donors (Lipinski definition) is 1. The van der Waals surface area contributed by atoms with Crippen LogP contribution in [0.4, 0.5) is 5.69 Å². The fourth-order valence-electron chi connectivity index (χ4n) is 4.51. The zero-order valence-electron chi connectivity index (χ0n) is 23.0. The van der Waals surface area contributed by atoms with E-state index in [1.165, 1.54) is 14.2 Å². The van der Waals surface area contributed by atoms with Crippen LogP contribution in [0.1, 0.15) is 5.56 Å². The van der Waals surface area contributed by atoms with Crippen molar-refractivity contribution in [1.29, 1.82) is 0 Å². The van der Waals surface area contributed by atoms with Crippen molar-refractivity contribution < 1.29 is 19.1 Å². The number of methoxy groups -OCH3 is 2. The zero-order chi connectivity index (χ0) is 28.8. The molecule has 1 aromatic heterocycles. The van der Waals surface area contributed by atoms with Gasteiger partial charge in [0.15, 0.2) is 0 Å². The van der Waals surface area contributed by atoms with Crippen LogP contribution >= 0.6 is 0 Å². The van der Waals surface area contributed by atoms with Gasteiger partial charge in [-0.25, -0.2) is 14.6 Å². The van der Waals surface area contributed by atoms with Crippen molar-refractivity contribution in [2.24, 2.45) is 0 Å². The molecule has 0 bridgehead atoms. The number of esters is 2. The fraction of sp³-hybridized carbons (Fsp3) is 0.0882. The Bertz CT molecular complexity index is 1690. The minimum atomic E-state index is -0.686. The van der Waals surface area contributed by atoms with Gasteiger partial charge in [-0.15, -0.1) is 0 Å². The van der Waals surface area contributed by atoms with Gasteiger partial charge in [-0.1, -0.05) is 90.5 Å². The first-order chi connectivity index (χ1) is 20.0. The lowest BCUT2D eigenvalue weighted by Crippen LogP contribution is -2.15. The maximum absolute atomic E-state index is 12.2. The van der Waals surface area contributed by atoms with Crippen molar-refractivity contribution in [3.8, 4) is 39.6 Å². The molecule has 0 aliphatic heterocycles. The van der Waals surface area contributed by atoms with Gasteiger partial charge in [0.2, 0.25) is 0 Å². The summed E-state index contributed by atoms with van der Waals surface area (Å²) in [5.41, 5.74) is 7.42. The van der Waals surface area contributed by atoms with Crippen molar-refractivity contribution in [2.45, 2.75) is 6.92 Å². The number of aromatic nitrogens is 2. The average Bonchev–Trinajstić information content (AvgIpc) is 3.42. The Morgan fingerprint density at radius 3 is 1.93 bits per heavy atom. The minimum Gasteiger partial charge on any atom is -0.466 e. The van der Waals surface area contributed by atoms with Gasteiger partial charge in [0.1, 0.15) is 11.5 Å². The highest BCUT2D eigenvalue weighted by atomic mass is 16.5. The number of imidazole rings is 1. The molecule has 41 heavy (non-hydrogen) atoms. The summed E-state index contributed by atoms with van der Waals surface area (Å²) in [5, 5.41) is 2.96. The Kier molecular flexibility index (Phi) is 8.06. The molecule has 0 saturated carbocycles. The maximum Gasteiger partial charge on any atom is 0.354 e. The molecule has 1 N–H and O–H groups in total. The summed E-state index contributed by atoms with van der Waals surface area (Å²) >= 11 is 0. The van der Waals surface area contributed by atoms with E-state index in [9.17, 15) is 9.59 Å². The van der Waals surface area contributed by atoms with E-state index >= 15 is 0 Å². The highest BCUT2D eigenvalue weighted by Gasteiger charge is 2.22. The Balaban J connectivity index is 1.68. The van der Waals surface area contributed by atoms with Crippen LogP contribution in [0.5, 0.6) is 0 Å². The molecule has 0 atom stereocenters. The normalized spacial score (nSPS) is 11.1. The molecular formula is C34H29N3O4. The molecule has 4 aromatic carbocycles. The van der Waals surface area contributed by atoms with Crippen molar-refractivity contribution in [3.63, 3.8) is 0 Å². The van der Waals surface area contributed by atoms with Crippen LogP contribution in [-0.2, 0) is 19.1 Å². The maximum atomic E-state index is 12.2. The van der Waals surface area contributed by atoms with Crippen LogP contribution in [0.15, 0.2) is 121 Å². The van der Waals surface area contributed by atoms with E-state index in [1.54, 1.807) is 0 Å². The van der Waals surface area contributed by atoms with Gasteiger partial charge in [-0.05, 0) is 31.2 Å². The molecule has 7 nitrogen and oxygen atoms in total.